The first kappa shape index (κ1) is 14.0. The predicted octanol–water partition coefficient (Wildman–Crippen LogP) is 3.10. The first-order chi connectivity index (χ1) is 9.13. The highest BCUT2D eigenvalue weighted by Crippen LogP contribution is 2.14. The topological polar surface area (TPSA) is 48.1 Å². The molecule has 2 N–H and O–H groups in total. The van der Waals surface area contributed by atoms with Gasteiger partial charge in [0.2, 0.25) is 0 Å². The Morgan fingerprint density at radius 3 is 2.89 bits per heavy atom. The Morgan fingerprint density at radius 2 is 2.21 bits per heavy atom. The monoisotopic (exact) mass is 276 g/mol. The number of nitrogens with two attached hydrogens (primary N) is 1. The van der Waals surface area contributed by atoms with Crippen molar-refractivity contribution in [3.05, 3.63) is 45.9 Å². The quantitative estimate of drug-likeness (QED) is 0.882. The van der Waals surface area contributed by atoms with Crippen LogP contribution in [-0.4, -0.2) is 17.6 Å². The molecule has 2 rings (SSSR count). The summed E-state index contributed by atoms with van der Waals surface area (Å²) >= 11 is 1.68. The average Bonchev–Trinajstić information content (AvgIpc) is 2.75. The van der Waals surface area contributed by atoms with E-state index in [0.29, 0.717) is 6.61 Å². The van der Waals surface area contributed by atoms with Crippen molar-refractivity contribution in [3.63, 3.8) is 0 Å². The predicted molar refractivity (Wildman–Crippen MR) is 79.8 cm³/mol. The largest absolute Gasteiger partial charge is 0.494 e. The molecule has 0 bridgehead atoms. The number of ether oxygens (including phenoxy) is 1. The second-order valence-corrected chi connectivity index (χ2v) is 5.74. The van der Waals surface area contributed by atoms with E-state index in [4.69, 9.17) is 10.5 Å². The number of aryl methyl sites for hydroxylation is 2. The Bertz CT molecular complexity index is 524. The van der Waals surface area contributed by atoms with Crippen molar-refractivity contribution in [2.24, 2.45) is 5.73 Å². The summed E-state index contributed by atoms with van der Waals surface area (Å²) < 4.78 is 5.70. The zero-order chi connectivity index (χ0) is 13.7. The van der Waals surface area contributed by atoms with Gasteiger partial charge in [0, 0.05) is 23.5 Å². The maximum atomic E-state index is 6.10. The molecule has 4 heteroatoms. The van der Waals surface area contributed by atoms with Crippen molar-refractivity contribution < 1.29 is 4.74 Å². The van der Waals surface area contributed by atoms with Gasteiger partial charge in [-0.3, -0.25) is 0 Å². The molecule has 1 aromatic carbocycles. The summed E-state index contributed by atoms with van der Waals surface area (Å²) in [4.78, 5) is 4.43. The van der Waals surface area contributed by atoms with Gasteiger partial charge in [0.05, 0.1) is 11.6 Å². The van der Waals surface area contributed by atoms with E-state index in [0.717, 1.165) is 29.3 Å². The van der Waals surface area contributed by atoms with Crippen LogP contribution in [0.2, 0.25) is 0 Å². The summed E-state index contributed by atoms with van der Waals surface area (Å²) in [5, 5.41) is 3.17. The lowest BCUT2D eigenvalue weighted by atomic mass is 10.1. The van der Waals surface area contributed by atoms with Crippen LogP contribution in [0, 0.1) is 13.8 Å². The molecule has 0 saturated heterocycles. The second-order valence-electron chi connectivity index (χ2n) is 4.80. The van der Waals surface area contributed by atoms with Crippen molar-refractivity contribution in [2.75, 3.05) is 6.61 Å². The zero-order valence-electron chi connectivity index (χ0n) is 11.4. The number of aromatic nitrogens is 1. The molecule has 1 atom stereocenters. The first-order valence-electron chi connectivity index (χ1n) is 6.49. The summed E-state index contributed by atoms with van der Waals surface area (Å²) in [6.07, 6.45) is 1.67. The smallest absolute Gasteiger partial charge is 0.119 e. The highest BCUT2D eigenvalue weighted by Gasteiger charge is 2.07. The standard InChI is InChI=1S/C15H20N2OS/c1-11-4-3-5-14(8-11)18-7-6-13(16)9-15-17-12(2)10-19-15/h3-5,8,10,13H,6-7,9,16H2,1-2H3. The van der Waals surface area contributed by atoms with Gasteiger partial charge in [-0.2, -0.15) is 0 Å². The number of nitrogens with zero attached hydrogens (tertiary/aromatic N) is 1. The molecule has 0 saturated carbocycles. The number of rotatable bonds is 6. The van der Waals surface area contributed by atoms with Crippen LogP contribution in [-0.2, 0) is 6.42 Å². The average molecular weight is 276 g/mol. The summed E-state index contributed by atoms with van der Waals surface area (Å²) in [5.74, 6) is 0.914. The fraction of sp³-hybridized carbons (Fsp3) is 0.400. The van der Waals surface area contributed by atoms with Gasteiger partial charge in [-0.05, 0) is 38.0 Å². The first-order valence-corrected chi connectivity index (χ1v) is 7.37. The van der Waals surface area contributed by atoms with E-state index in [1.165, 1.54) is 5.56 Å². The van der Waals surface area contributed by atoms with Crippen LogP contribution in [0.5, 0.6) is 5.75 Å². The lowest BCUT2D eigenvalue weighted by molar-refractivity contribution is 0.297. The number of hydrogen-bond acceptors (Lipinski definition) is 4. The molecule has 0 spiro atoms. The van der Waals surface area contributed by atoms with Gasteiger partial charge in [-0.1, -0.05) is 12.1 Å². The van der Waals surface area contributed by atoms with Crippen molar-refractivity contribution in [1.82, 2.24) is 4.98 Å². The lowest BCUT2D eigenvalue weighted by Crippen LogP contribution is -2.25. The van der Waals surface area contributed by atoms with Crippen molar-refractivity contribution >= 4 is 11.3 Å². The highest BCUT2D eigenvalue weighted by atomic mass is 32.1. The third-order valence-electron chi connectivity index (χ3n) is 2.85. The molecule has 0 aliphatic heterocycles. The normalized spacial score (nSPS) is 12.4. The Balaban J connectivity index is 1.73. The van der Waals surface area contributed by atoms with Crippen LogP contribution in [0.1, 0.15) is 22.7 Å². The number of thiazole rings is 1. The van der Waals surface area contributed by atoms with Crippen LogP contribution >= 0.6 is 11.3 Å². The van der Waals surface area contributed by atoms with Crippen LogP contribution in [0.25, 0.3) is 0 Å². The Morgan fingerprint density at radius 1 is 1.37 bits per heavy atom. The molecule has 1 aromatic heterocycles. The van der Waals surface area contributed by atoms with Crippen molar-refractivity contribution in [1.29, 1.82) is 0 Å². The van der Waals surface area contributed by atoms with Gasteiger partial charge < -0.3 is 10.5 Å². The summed E-state index contributed by atoms with van der Waals surface area (Å²) in [7, 11) is 0. The van der Waals surface area contributed by atoms with Crippen LogP contribution in [0.3, 0.4) is 0 Å². The summed E-state index contributed by atoms with van der Waals surface area (Å²) in [5.41, 5.74) is 8.38. The molecule has 0 radical (unpaired) electrons. The highest BCUT2D eigenvalue weighted by molar-refractivity contribution is 7.09. The van der Waals surface area contributed by atoms with Crippen LogP contribution in [0.15, 0.2) is 29.6 Å². The molecule has 0 aliphatic rings. The minimum absolute atomic E-state index is 0.107. The van der Waals surface area contributed by atoms with E-state index >= 15 is 0 Å². The van der Waals surface area contributed by atoms with Crippen LogP contribution in [0.4, 0.5) is 0 Å². The lowest BCUT2D eigenvalue weighted by Gasteiger charge is -2.11. The Labute approximate surface area is 118 Å². The van der Waals surface area contributed by atoms with E-state index in [9.17, 15) is 0 Å². The molecule has 0 amide bonds. The molecular formula is C15H20N2OS. The number of hydrogen-bond donors (Lipinski definition) is 1. The molecule has 1 heterocycles. The van der Waals surface area contributed by atoms with Crippen molar-refractivity contribution in [2.45, 2.75) is 32.7 Å². The van der Waals surface area contributed by atoms with Gasteiger partial charge in [-0.25, -0.2) is 4.98 Å². The van der Waals surface area contributed by atoms with Gasteiger partial charge in [-0.15, -0.1) is 11.3 Å². The van der Waals surface area contributed by atoms with E-state index in [-0.39, 0.29) is 6.04 Å². The maximum Gasteiger partial charge on any atom is 0.119 e. The molecule has 1 unspecified atom stereocenters. The van der Waals surface area contributed by atoms with Gasteiger partial charge in [0.15, 0.2) is 0 Å². The van der Waals surface area contributed by atoms with Crippen LogP contribution < -0.4 is 10.5 Å². The zero-order valence-corrected chi connectivity index (χ0v) is 12.2. The minimum atomic E-state index is 0.107. The van der Waals surface area contributed by atoms with E-state index in [2.05, 4.69) is 23.4 Å². The van der Waals surface area contributed by atoms with Crippen molar-refractivity contribution in [3.8, 4) is 5.75 Å². The molecule has 0 aliphatic carbocycles. The van der Waals surface area contributed by atoms with Gasteiger partial charge in [0.1, 0.15) is 5.75 Å². The molecule has 3 nitrogen and oxygen atoms in total. The number of benzene rings is 1. The third kappa shape index (κ3) is 4.65. The van der Waals surface area contributed by atoms with E-state index in [1.807, 2.05) is 25.1 Å². The molecule has 2 aromatic rings. The second kappa shape index (κ2) is 6.68. The third-order valence-corrected chi connectivity index (χ3v) is 3.84. The van der Waals surface area contributed by atoms with E-state index < -0.39 is 0 Å². The van der Waals surface area contributed by atoms with Gasteiger partial charge >= 0.3 is 0 Å². The fourth-order valence-corrected chi connectivity index (χ4v) is 2.72. The van der Waals surface area contributed by atoms with Gasteiger partial charge in [0.25, 0.3) is 0 Å². The molecular weight excluding hydrogens is 256 g/mol. The Kier molecular flexibility index (Phi) is 4.93. The SMILES string of the molecule is Cc1cccc(OCCC(N)Cc2nc(C)cs2)c1. The summed E-state index contributed by atoms with van der Waals surface area (Å²) in [6, 6.07) is 8.18. The summed E-state index contributed by atoms with van der Waals surface area (Å²) in [6.45, 7) is 4.71. The minimum Gasteiger partial charge on any atom is -0.494 e. The molecule has 102 valence electrons. The fourth-order valence-electron chi connectivity index (χ4n) is 1.86. The maximum absolute atomic E-state index is 6.10. The Hall–Kier alpha value is -1.39. The molecule has 19 heavy (non-hydrogen) atoms. The van der Waals surface area contributed by atoms with E-state index in [1.54, 1.807) is 11.3 Å². The molecule has 0 fully saturated rings.